The number of thiophene rings is 1. The Morgan fingerprint density at radius 3 is 2.73 bits per heavy atom. The van der Waals surface area contributed by atoms with Crippen molar-refractivity contribution in [3.63, 3.8) is 0 Å². The van der Waals surface area contributed by atoms with Crippen molar-refractivity contribution in [2.45, 2.75) is 12.1 Å². The number of amides is 1. The second-order valence-electron chi connectivity index (χ2n) is 5.92. The average Bonchev–Trinajstić information content (AvgIpc) is 3.24. The molecule has 0 unspecified atom stereocenters. The summed E-state index contributed by atoms with van der Waals surface area (Å²) in [5.41, 5.74) is -0.819. The van der Waals surface area contributed by atoms with Crippen LogP contribution < -0.4 is 0 Å². The highest BCUT2D eigenvalue weighted by Gasteiger charge is 2.37. The number of carbonyl (C=O) groups is 1. The molecule has 0 radical (unpaired) electrons. The number of hydrogen-bond acceptors (Lipinski definition) is 5. The van der Waals surface area contributed by atoms with Gasteiger partial charge in [-0.25, -0.2) is 0 Å². The summed E-state index contributed by atoms with van der Waals surface area (Å²) in [5, 5.41) is 5.83. The van der Waals surface area contributed by atoms with E-state index in [1.165, 1.54) is 28.4 Å². The molecular weight excluding hydrogens is 367 g/mol. The summed E-state index contributed by atoms with van der Waals surface area (Å²) in [6.45, 7) is 0.669. The minimum Gasteiger partial charge on any atom is -0.339 e. The van der Waals surface area contributed by atoms with Gasteiger partial charge in [-0.3, -0.25) is 4.79 Å². The zero-order valence-electron chi connectivity index (χ0n) is 13.2. The van der Waals surface area contributed by atoms with Crippen molar-refractivity contribution in [1.82, 2.24) is 15.0 Å². The summed E-state index contributed by atoms with van der Waals surface area (Å²) in [5.74, 6) is 0.385. The number of hydrogen-bond donors (Lipinski definition) is 0. The Balaban J connectivity index is 1.43. The molecule has 4 rings (SSSR count). The Kier molecular flexibility index (Phi) is 4.03. The Labute approximate surface area is 150 Å². The molecule has 3 heterocycles. The molecule has 0 bridgehead atoms. The molecule has 1 saturated heterocycles. The molecular formula is C17H12F3N3O2S. The van der Waals surface area contributed by atoms with E-state index in [9.17, 15) is 18.0 Å². The summed E-state index contributed by atoms with van der Waals surface area (Å²) in [6.07, 6.45) is -4.48. The number of carbonyl (C=O) groups excluding carboxylic acids is 1. The topological polar surface area (TPSA) is 59.2 Å². The molecule has 9 heteroatoms. The average molecular weight is 379 g/mol. The van der Waals surface area contributed by atoms with Crippen LogP contribution in [0.2, 0.25) is 0 Å². The Bertz CT molecular complexity index is 931. The highest BCUT2D eigenvalue weighted by Crippen LogP contribution is 2.32. The van der Waals surface area contributed by atoms with Gasteiger partial charge in [0.05, 0.1) is 16.4 Å². The zero-order valence-corrected chi connectivity index (χ0v) is 14.0. The predicted molar refractivity (Wildman–Crippen MR) is 87.7 cm³/mol. The van der Waals surface area contributed by atoms with Crippen LogP contribution in [0.5, 0.6) is 0 Å². The van der Waals surface area contributed by atoms with Crippen LogP contribution in [-0.2, 0) is 6.18 Å². The van der Waals surface area contributed by atoms with E-state index in [4.69, 9.17) is 4.52 Å². The van der Waals surface area contributed by atoms with Crippen LogP contribution in [0, 0.1) is 0 Å². The van der Waals surface area contributed by atoms with E-state index in [0.717, 1.165) is 17.0 Å². The van der Waals surface area contributed by atoms with Crippen molar-refractivity contribution < 1.29 is 22.5 Å². The second kappa shape index (κ2) is 6.24. The second-order valence-corrected chi connectivity index (χ2v) is 6.87. The predicted octanol–water partition coefficient (Wildman–Crippen LogP) is 4.06. The minimum atomic E-state index is -4.48. The maximum atomic E-state index is 12.8. The van der Waals surface area contributed by atoms with Crippen molar-refractivity contribution in [1.29, 1.82) is 0 Å². The molecule has 0 saturated carbocycles. The van der Waals surface area contributed by atoms with Gasteiger partial charge in [-0.15, -0.1) is 11.3 Å². The first-order chi connectivity index (χ1) is 12.4. The van der Waals surface area contributed by atoms with Gasteiger partial charge < -0.3 is 9.42 Å². The SMILES string of the molecule is O=C(c1cccc(C(F)(F)F)c1)N1CC(c2nc(-c3cccs3)no2)C1. The molecule has 1 aromatic carbocycles. The van der Waals surface area contributed by atoms with Gasteiger partial charge in [0.25, 0.3) is 5.91 Å². The van der Waals surface area contributed by atoms with Crippen molar-refractivity contribution >= 4 is 17.2 Å². The van der Waals surface area contributed by atoms with Gasteiger partial charge >= 0.3 is 6.18 Å². The molecule has 134 valence electrons. The standard InChI is InChI=1S/C17H12F3N3O2S/c18-17(19,20)12-4-1-3-10(7-12)16(24)23-8-11(9-23)15-21-14(22-25-15)13-5-2-6-26-13/h1-7,11H,8-9H2. The first-order valence-corrected chi connectivity index (χ1v) is 8.64. The fourth-order valence-electron chi connectivity index (χ4n) is 2.72. The smallest absolute Gasteiger partial charge is 0.339 e. The van der Waals surface area contributed by atoms with Crippen molar-refractivity contribution in [2.24, 2.45) is 0 Å². The first kappa shape index (κ1) is 16.8. The van der Waals surface area contributed by atoms with Crippen LogP contribution in [0.3, 0.4) is 0 Å². The van der Waals surface area contributed by atoms with Crippen molar-refractivity contribution in [3.8, 4) is 10.7 Å². The number of alkyl halides is 3. The van der Waals surface area contributed by atoms with Crippen molar-refractivity contribution in [3.05, 3.63) is 58.8 Å². The van der Waals surface area contributed by atoms with E-state index in [1.807, 2.05) is 17.5 Å². The Morgan fingerprint density at radius 2 is 2.04 bits per heavy atom. The molecule has 0 N–H and O–H groups in total. The first-order valence-electron chi connectivity index (χ1n) is 7.76. The fraction of sp³-hybridized carbons (Fsp3) is 0.235. The van der Waals surface area contributed by atoms with Gasteiger partial charge in [-0.1, -0.05) is 17.3 Å². The number of nitrogens with zero attached hydrogens (tertiary/aromatic N) is 3. The van der Waals surface area contributed by atoms with Gasteiger partial charge in [0.1, 0.15) is 0 Å². The maximum Gasteiger partial charge on any atom is 0.416 e. The molecule has 3 aromatic rings. The van der Waals surface area contributed by atoms with Crippen LogP contribution in [0.4, 0.5) is 13.2 Å². The molecule has 2 aromatic heterocycles. The summed E-state index contributed by atoms with van der Waals surface area (Å²) < 4.78 is 43.6. The molecule has 0 aliphatic carbocycles. The largest absolute Gasteiger partial charge is 0.416 e. The Morgan fingerprint density at radius 1 is 1.23 bits per heavy atom. The van der Waals surface area contributed by atoms with Crippen LogP contribution in [0.1, 0.15) is 27.7 Å². The molecule has 1 aliphatic rings. The lowest BCUT2D eigenvalue weighted by Gasteiger charge is -2.37. The summed E-state index contributed by atoms with van der Waals surface area (Å²) in [7, 11) is 0. The van der Waals surface area contributed by atoms with Crippen LogP contribution >= 0.6 is 11.3 Å². The molecule has 5 nitrogen and oxygen atoms in total. The van der Waals surface area contributed by atoms with Gasteiger partial charge in [-0.05, 0) is 29.6 Å². The van der Waals surface area contributed by atoms with E-state index < -0.39 is 17.6 Å². The number of benzene rings is 1. The fourth-order valence-corrected chi connectivity index (χ4v) is 3.37. The third-order valence-electron chi connectivity index (χ3n) is 4.14. The van der Waals surface area contributed by atoms with E-state index >= 15 is 0 Å². The third-order valence-corrected chi connectivity index (χ3v) is 5.00. The van der Waals surface area contributed by atoms with Gasteiger partial charge in [0.15, 0.2) is 0 Å². The summed E-state index contributed by atoms with van der Waals surface area (Å²) in [6, 6.07) is 8.20. The number of rotatable bonds is 3. The van der Waals surface area contributed by atoms with Crippen molar-refractivity contribution in [2.75, 3.05) is 13.1 Å². The summed E-state index contributed by atoms with van der Waals surface area (Å²) in [4.78, 5) is 19.1. The normalized spacial score (nSPS) is 15.1. The summed E-state index contributed by atoms with van der Waals surface area (Å²) >= 11 is 1.49. The van der Waals surface area contributed by atoms with E-state index in [0.29, 0.717) is 24.8 Å². The zero-order chi connectivity index (χ0) is 18.3. The van der Waals surface area contributed by atoms with E-state index in [2.05, 4.69) is 10.1 Å². The molecule has 1 amide bonds. The lowest BCUT2D eigenvalue weighted by Crippen LogP contribution is -2.48. The van der Waals surface area contributed by atoms with Gasteiger partial charge in [-0.2, -0.15) is 18.2 Å². The molecule has 1 aliphatic heterocycles. The lowest BCUT2D eigenvalue weighted by atomic mass is 9.98. The molecule has 0 atom stereocenters. The third kappa shape index (κ3) is 3.10. The van der Waals surface area contributed by atoms with E-state index in [-0.39, 0.29) is 11.5 Å². The highest BCUT2D eigenvalue weighted by atomic mass is 32.1. The van der Waals surface area contributed by atoms with Crippen LogP contribution in [0.25, 0.3) is 10.7 Å². The monoisotopic (exact) mass is 379 g/mol. The Hall–Kier alpha value is -2.68. The number of aromatic nitrogens is 2. The van der Waals surface area contributed by atoms with Gasteiger partial charge in [0.2, 0.25) is 11.7 Å². The maximum absolute atomic E-state index is 12.8. The minimum absolute atomic E-state index is 0.0167. The molecule has 26 heavy (non-hydrogen) atoms. The lowest BCUT2D eigenvalue weighted by molar-refractivity contribution is -0.137. The quantitative estimate of drug-likeness (QED) is 0.689. The number of halogens is 3. The molecule has 1 fully saturated rings. The van der Waals surface area contributed by atoms with Crippen LogP contribution in [0.15, 0.2) is 46.3 Å². The number of likely N-dealkylation sites (tertiary alicyclic amines) is 1. The van der Waals surface area contributed by atoms with Gasteiger partial charge in [0, 0.05) is 18.7 Å². The van der Waals surface area contributed by atoms with Crippen LogP contribution in [-0.4, -0.2) is 34.0 Å². The molecule has 0 spiro atoms. The highest BCUT2D eigenvalue weighted by molar-refractivity contribution is 7.13. The van der Waals surface area contributed by atoms with E-state index in [1.54, 1.807) is 0 Å².